The van der Waals surface area contributed by atoms with E-state index >= 15 is 0 Å². The maximum atomic E-state index is 12.8. The van der Waals surface area contributed by atoms with E-state index in [0.717, 1.165) is 32.4 Å². The van der Waals surface area contributed by atoms with E-state index in [1.165, 1.54) is 23.1 Å². The molecule has 8 heteroatoms. The molecule has 0 radical (unpaired) electrons. The number of rotatable bonds is 5. The second-order valence-corrected chi connectivity index (χ2v) is 8.92. The Bertz CT molecular complexity index is 1400. The zero-order valence-electron chi connectivity index (χ0n) is 17.0. The van der Waals surface area contributed by atoms with Crippen molar-refractivity contribution in [3.63, 3.8) is 0 Å². The zero-order chi connectivity index (χ0) is 21.9. The summed E-state index contributed by atoms with van der Waals surface area (Å²) in [6.07, 6.45) is 1.92. The molecule has 0 aliphatic rings. The van der Waals surface area contributed by atoms with Gasteiger partial charge < -0.3 is 0 Å². The summed E-state index contributed by atoms with van der Waals surface area (Å²) in [6.45, 7) is 0. The average Bonchev–Trinajstić information content (AvgIpc) is 3.31. The van der Waals surface area contributed by atoms with Gasteiger partial charge in [0.2, 0.25) is 5.13 Å². The van der Waals surface area contributed by atoms with Crippen molar-refractivity contribution < 1.29 is 4.79 Å². The highest BCUT2D eigenvalue weighted by Gasteiger charge is 2.15. The van der Waals surface area contributed by atoms with Crippen LogP contribution in [0.3, 0.4) is 0 Å². The number of hydrogen-bond acceptors (Lipinski definition) is 7. The Morgan fingerprint density at radius 3 is 2.03 bits per heavy atom. The minimum Gasteiger partial charge on any atom is -0.296 e. The Kier molecular flexibility index (Phi) is 5.62. The molecule has 0 atom stereocenters. The first kappa shape index (κ1) is 20.3. The highest BCUT2D eigenvalue weighted by Crippen LogP contribution is 2.31. The molecule has 0 bridgehead atoms. The van der Waals surface area contributed by atoms with Crippen LogP contribution in [0.4, 0.5) is 5.13 Å². The van der Waals surface area contributed by atoms with E-state index < -0.39 is 0 Å². The lowest BCUT2D eigenvalue weighted by atomic mass is 10.0. The molecule has 2 aromatic heterocycles. The molecule has 32 heavy (non-hydrogen) atoms. The summed E-state index contributed by atoms with van der Waals surface area (Å²) in [5.74, 6) is -0.258. The predicted molar refractivity (Wildman–Crippen MR) is 130 cm³/mol. The topological polar surface area (TPSA) is 80.7 Å². The maximum Gasteiger partial charge on any atom is 0.257 e. The van der Waals surface area contributed by atoms with Crippen molar-refractivity contribution in [1.29, 1.82) is 0 Å². The van der Waals surface area contributed by atoms with Gasteiger partial charge in [0, 0.05) is 16.7 Å². The van der Waals surface area contributed by atoms with Crippen molar-refractivity contribution in [2.45, 2.75) is 4.34 Å². The summed E-state index contributed by atoms with van der Waals surface area (Å²) in [5, 5.41) is 11.3. The van der Waals surface area contributed by atoms with E-state index in [1.54, 1.807) is 12.1 Å². The van der Waals surface area contributed by atoms with Gasteiger partial charge in [0.25, 0.3) is 5.91 Å². The number of carbonyl (C=O) groups is 1. The number of anilines is 1. The summed E-state index contributed by atoms with van der Waals surface area (Å²) < 4.78 is 0.797. The summed E-state index contributed by atoms with van der Waals surface area (Å²) in [5.41, 5.74) is 5.39. The van der Waals surface area contributed by atoms with Crippen LogP contribution in [0.5, 0.6) is 0 Å². The minimum absolute atomic E-state index is 0.258. The molecule has 0 aliphatic carbocycles. The van der Waals surface area contributed by atoms with Gasteiger partial charge in [0.15, 0.2) is 4.34 Å². The number of nitrogens with one attached hydrogen (secondary N) is 1. The van der Waals surface area contributed by atoms with Gasteiger partial charge in [-0.15, -0.1) is 10.2 Å². The first-order chi connectivity index (χ1) is 15.7. The quantitative estimate of drug-likeness (QED) is 0.267. The van der Waals surface area contributed by atoms with E-state index in [9.17, 15) is 4.79 Å². The molecule has 0 saturated carbocycles. The molecule has 2 heterocycles. The van der Waals surface area contributed by atoms with Gasteiger partial charge in [0.05, 0.1) is 22.4 Å². The highest BCUT2D eigenvalue weighted by atomic mass is 32.2. The number of aromatic nitrogens is 4. The van der Waals surface area contributed by atoms with Crippen LogP contribution in [0, 0.1) is 0 Å². The molecule has 0 unspecified atom stereocenters. The molecule has 0 saturated heterocycles. The van der Waals surface area contributed by atoms with Gasteiger partial charge >= 0.3 is 0 Å². The van der Waals surface area contributed by atoms with Crippen LogP contribution in [0.2, 0.25) is 0 Å². The third kappa shape index (κ3) is 4.10. The maximum absolute atomic E-state index is 12.8. The van der Waals surface area contributed by atoms with Gasteiger partial charge in [-0.3, -0.25) is 10.1 Å². The van der Waals surface area contributed by atoms with Gasteiger partial charge in [-0.2, -0.15) is 0 Å². The van der Waals surface area contributed by atoms with Gasteiger partial charge in [0.1, 0.15) is 0 Å². The minimum atomic E-state index is -0.258. The molecule has 0 spiro atoms. The Labute approximate surface area is 192 Å². The highest BCUT2D eigenvalue weighted by molar-refractivity contribution is 8.00. The normalized spacial score (nSPS) is 10.9. The van der Waals surface area contributed by atoms with Crippen molar-refractivity contribution in [2.24, 2.45) is 0 Å². The second-order valence-electron chi connectivity index (χ2n) is 6.89. The molecule has 5 aromatic rings. The summed E-state index contributed by atoms with van der Waals surface area (Å²) in [4.78, 5) is 22.6. The van der Waals surface area contributed by atoms with Crippen LogP contribution in [0.15, 0.2) is 83.2 Å². The Morgan fingerprint density at radius 2 is 1.44 bits per heavy atom. The summed E-state index contributed by atoms with van der Waals surface area (Å²) >= 11 is 2.83. The first-order valence-electron chi connectivity index (χ1n) is 9.83. The van der Waals surface area contributed by atoms with Gasteiger partial charge in [-0.25, -0.2) is 9.97 Å². The van der Waals surface area contributed by atoms with Gasteiger partial charge in [-0.05, 0) is 24.5 Å². The van der Waals surface area contributed by atoms with Crippen molar-refractivity contribution in [2.75, 3.05) is 11.6 Å². The Balaban J connectivity index is 1.58. The molecule has 3 aromatic carbocycles. The third-order valence-electron chi connectivity index (χ3n) is 4.82. The molecule has 5 rings (SSSR count). The molecule has 0 fully saturated rings. The molecule has 156 valence electrons. The molecule has 0 aliphatic heterocycles. The number of hydrogen-bond donors (Lipinski definition) is 1. The fourth-order valence-electron chi connectivity index (χ4n) is 3.30. The summed E-state index contributed by atoms with van der Waals surface area (Å²) in [6, 6.07) is 25.3. The van der Waals surface area contributed by atoms with Crippen LogP contribution in [-0.4, -0.2) is 32.3 Å². The lowest BCUT2D eigenvalue weighted by Gasteiger charge is -2.11. The Hall–Kier alpha value is -3.62. The molecule has 1 amide bonds. The molecule has 6 nitrogen and oxygen atoms in total. The first-order valence-corrected chi connectivity index (χ1v) is 11.9. The van der Waals surface area contributed by atoms with Crippen molar-refractivity contribution in [3.05, 3.63) is 84.4 Å². The van der Waals surface area contributed by atoms with E-state index in [0.29, 0.717) is 16.2 Å². The monoisotopic (exact) mass is 455 g/mol. The molecule has 1 N–H and O–H groups in total. The summed E-state index contributed by atoms with van der Waals surface area (Å²) in [7, 11) is 0. The largest absolute Gasteiger partial charge is 0.296 e. The van der Waals surface area contributed by atoms with Crippen LogP contribution in [-0.2, 0) is 0 Å². The number of nitrogens with zero attached hydrogens (tertiary/aromatic N) is 4. The van der Waals surface area contributed by atoms with Crippen LogP contribution < -0.4 is 5.32 Å². The molecular formula is C24H17N5OS2. The number of carbonyl (C=O) groups excluding carboxylic acids is 1. The van der Waals surface area contributed by atoms with E-state index in [4.69, 9.17) is 9.97 Å². The molecular weight excluding hydrogens is 438 g/mol. The number of thioether (sulfide) groups is 1. The van der Waals surface area contributed by atoms with Crippen LogP contribution in [0.1, 0.15) is 10.4 Å². The zero-order valence-corrected chi connectivity index (χ0v) is 18.7. The van der Waals surface area contributed by atoms with Crippen molar-refractivity contribution in [3.8, 4) is 22.5 Å². The lowest BCUT2D eigenvalue weighted by molar-refractivity contribution is 0.102. The van der Waals surface area contributed by atoms with E-state index in [1.807, 2.05) is 73.0 Å². The lowest BCUT2D eigenvalue weighted by Crippen LogP contribution is -2.11. The predicted octanol–water partition coefficient (Wildman–Crippen LogP) is 5.79. The van der Waals surface area contributed by atoms with Crippen molar-refractivity contribution in [1.82, 2.24) is 20.2 Å². The fourth-order valence-corrected chi connectivity index (χ4v) is 4.47. The second kappa shape index (κ2) is 8.86. The number of fused-ring (bicyclic) bond motifs is 1. The smallest absolute Gasteiger partial charge is 0.257 e. The third-order valence-corrected chi connectivity index (χ3v) is 6.64. The van der Waals surface area contributed by atoms with Crippen LogP contribution >= 0.6 is 23.1 Å². The van der Waals surface area contributed by atoms with Crippen LogP contribution in [0.25, 0.3) is 33.5 Å². The van der Waals surface area contributed by atoms with Crippen molar-refractivity contribution >= 4 is 45.2 Å². The standard InChI is InChI=1S/C24H17N5OS2/c1-31-24-29-28-23(32-24)27-22(30)17-12-13-18-19(14-17)26-21(16-10-6-3-7-11-16)20(25-18)15-8-4-2-5-9-15/h2-14H,1H3,(H,27,28,30). The average molecular weight is 456 g/mol. The SMILES string of the molecule is CSc1nnc(NC(=O)c2ccc3nc(-c4ccccc4)c(-c4ccccc4)nc3c2)s1. The van der Waals surface area contributed by atoms with E-state index in [-0.39, 0.29) is 5.91 Å². The fraction of sp³-hybridized carbons (Fsp3) is 0.0417. The van der Waals surface area contributed by atoms with E-state index in [2.05, 4.69) is 15.5 Å². The number of amides is 1. The number of benzene rings is 3. The Morgan fingerprint density at radius 1 is 0.812 bits per heavy atom. The van der Waals surface area contributed by atoms with Gasteiger partial charge in [-0.1, -0.05) is 83.8 Å².